The zero-order valence-electron chi connectivity index (χ0n) is 10.4. The lowest BCUT2D eigenvalue weighted by atomic mass is 10.2. The van der Waals surface area contributed by atoms with Crippen LogP contribution in [0.2, 0.25) is 5.02 Å². The lowest BCUT2D eigenvalue weighted by molar-refractivity contribution is -0.274. The number of alkyl halides is 3. The number of benzene rings is 2. The van der Waals surface area contributed by atoms with Gasteiger partial charge in [-0.05, 0) is 30.3 Å². The number of ether oxygens (including phenoxy) is 1. The summed E-state index contributed by atoms with van der Waals surface area (Å²) in [5.74, 6) is -0.356. The molecule has 0 radical (unpaired) electrons. The third-order valence-electron chi connectivity index (χ3n) is 2.48. The molecule has 0 bridgehead atoms. The summed E-state index contributed by atoms with van der Waals surface area (Å²) >= 11 is 5.87. The summed E-state index contributed by atoms with van der Waals surface area (Å²) in [6.07, 6.45) is -4.78. The van der Waals surface area contributed by atoms with Gasteiger partial charge in [0.05, 0.1) is 16.3 Å². The van der Waals surface area contributed by atoms with Gasteiger partial charge in [0.2, 0.25) is 0 Å². The van der Waals surface area contributed by atoms with Gasteiger partial charge in [-0.3, -0.25) is 0 Å². The molecule has 0 aliphatic rings. The molecular formula is C14H8ClF3N2O. The Bertz CT molecular complexity index is 695. The normalized spacial score (nSPS) is 10.8. The monoisotopic (exact) mass is 312 g/mol. The number of para-hydroxylation sites is 2. The number of nitriles is 1. The number of hydrogen-bond acceptors (Lipinski definition) is 3. The summed E-state index contributed by atoms with van der Waals surface area (Å²) in [6.45, 7) is 0. The minimum Gasteiger partial charge on any atom is -0.404 e. The van der Waals surface area contributed by atoms with Crippen molar-refractivity contribution in [2.75, 3.05) is 5.32 Å². The fourth-order valence-electron chi connectivity index (χ4n) is 1.62. The molecule has 21 heavy (non-hydrogen) atoms. The fraction of sp³-hybridized carbons (Fsp3) is 0.0714. The highest BCUT2D eigenvalue weighted by Gasteiger charge is 2.32. The highest BCUT2D eigenvalue weighted by molar-refractivity contribution is 6.32. The number of rotatable bonds is 3. The standard InChI is InChI=1S/C14H8ClF3N2O/c15-11-7-10(6-5-9(11)8-19)20-12-3-1-2-4-13(12)21-14(16,17)18/h1-7,20H. The van der Waals surface area contributed by atoms with Gasteiger partial charge >= 0.3 is 6.36 Å². The summed E-state index contributed by atoms with van der Waals surface area (Å²) in [4.78, 5) is 0. The molecule has 3 nitrogen and oxygen atoms in total. The molecule has 0 aliphatic heterocycles. The van der Waals surface area contributed by atoms with E-state index in [9.17, 15) is 13.2 Å². The first-order valence-corrected chi connectivity index (χ1v) is 6.08. The van der Waals surface area contributed by atoms with Crippen molar-refractivity contribution in [3.05, 3.63) is 53.1 Å². The number of halogens is 4. The van der Waals surface area contributed by atoms with Crippen LogP contribution in [0.1, 0.15) is 5.56 Å². The van der Waals surface area contributed by atoms with Crippen LogP contribution in [-0.2, 0) is 0 Å². The Labute approximate surface area is 123 Å². The Balaban J connectivity index is 2.28. The largest absolute Gasteiger partial charge is 0.573 e. The second-order valence-electron chi connectivity index (χ2n) is 3.98. The van der Waals surface area contributed by atoms with Gasteiger partial charge < -0.3 is 10.1 Å². The smallest absolute Gasteiger partial charge is 0.404 e. The first-order chi connectivity index (χ1) is 9.89. The van der Waals surface area contributed by atoms with Gasteiger partial charge in [-0.1, -0.05) is 23.7 Å². The molecule has 0 aliphatic carbocycles. The van der Waals surface area contributed by atoms with E-state index in [-0.39, 0.29) is 22.0 Å². The molecular weight excluding hydrogens is 305 g/mol. The highest BCUT2D eigenvalue weighted by atomic mass is 35.5. The predicted octanol–water partition coefficient (Wildman–Crippen LogP) is 4.85. The van der Waals surface area contributed by atoms with Crippen molar-refractivity contribution in [1.29, 1.82) is 5.26 Å². The molecule has 7 heteroatoms. The van der Waals surface area contributed by atoms with Gasteiger partial charge in [-0.25, -0.2) is 0 Å². The van der Waals surface area contributed by atoms with E-state index in [1.165, 1.54) is 36.4 Å². The number of nitrogens with one attached hydrogen (secondary N) is 1. The third-order valence-corrected chi connectivity index (χ3v) is 2.79. The maximum atomic E-state index is 12.3. The van der Waals surface area contributed by atoms with Crippen LogP contribution in [0.25, 0.3) is 0 Å². The van der Waals surface area contributed by atoms with Crippen LogP contribution in [0.15, 0.2) is 42.5 Å². The molecule has 0 saturated heterocycles. The van der Waals surface area contributed by atoms with Crippen LogP contribution < -0.4 is 10.1 Å². The first kappa shape index (κ1) is 15.0. The zero-order valence-corrected chi connectivity index (χ0v) is 11.2. The van der Waals surface area contributed by atoms with Crippen molar-refractivity contribution in [3.8, 4) is 11.8 Å². The summed E-state index contributed by atoms with van der Waals surface area (Å²) in [6, 6.07) is 12.0. The van der Waals surface area contributed by atoms with Gasteiger partial charge in [-0.15, -0.1) is 13.2 Å². The number of hydrogen-bond donors (Lipinski definition) is 1. The van der Waals surface area contributed by atoms with Gasteiger partial charge in [0.25, 0.3) is 0 Å². The molecule has 0 aromatic heterocycles. The Morgan fingerprint density at radius 1 is 1.14 bits per heavy atom. The Kier molecular flexibility index (Phi) is 4.24. The molecule has 0 amide bonds. The SMILES string of the molecule is N#Cc1ccc(Nc2ccccc2OC(F)(F)F)cc1Cl. The topological polar surface area (TPSA) is 45.0 Å². The van der Waals surface area contributed by atoms with Crippen molar-refractivity contribution in [2.45, 2.75) is 6.36 Å². The van der Waals surface area contributed by atoms with Crippen LogP contribution in [0.3, 0.4) is 0 Å². The molecule has 0 saturated carbocycles. The summed E-state index contributed by atoms with van der Waals surface area (Å²) < 4.78 is 40.9. The summed E-state index contributed by atoms with van der Waals surface area (Å²) in [7, 11) is 0. The van der Waals surface area contributed by atoms with E-state index in [4.69, 9.17) is 16.9 Å². The summed E-state index contributed by atoms with van der Waals surface area (Å²) in [5.41, 5.74) is 0.856. The maximum Gasteiger partial charge on any atom is 0.573 e. The van der Waals surface area contributed by atoms with Crippen molar-refractivity contribution in [3.63, 3.8) is 0 Å². The first-order valence-electron chi connectivity index (χ1n) is 5.70. The van der Waals surface area contributed by atoms with Crippen LogP contribution in [0, 0.1) is 11.3 Å². The minimum atomic E-state index is -4.78. The van der Waals surface area contributed by atoms with E-state index in [1.54, 1.807) is 6.07 Å². The Hall–Kier alpha value is -2.39. The number of nitrogens with zero attached hydrogens (tertiary/aromatic N) is 1. The molecule has 108 valence electrons. The summed E-state index contributed by atoms with van der Waals surface area (Å²) in [5, 5.41) is 11.7. The molecule has 0 heterocycles. The molecule has 0 atom stereocenters. The predicted molar refractivity (Wildman–Crippen MR) is 72.6 cm³/mol. The molecule has 1 N–H and O–H groups in total. The van der Waals surface area contributed by atoms with E-state index >= 15 is 0 Å². The van der Waals surface area contributed by atoms with Gasteiger partial charge in [0.1, 0.15) is 6.07 Å². The van der Waals surface area contributed by atoms with Crippen molar-refractivity contribution >= 4 is 23.0 Å². The van der Waals surface area contributed by atoms with Crippen LogP contribution in [0.5, 0.6) is 5.75 Å². The molecule has 2 rings (SSSR count). The average Bonchev–Trinajstić information content (AvgIpc) is 2.40. The Morgan fingerprint density at radius 2 is 1.86 bits per heavy atom. The fourth-order valence-corrected chi connectivity index (χ4v) is 1.85. The van der Waals surface area contributed by atoms with E-state index in [2.05, 4.69) is 10.1 Å². The maximum absolute atomic E-state index is 12.3. The van der Waals surface area contributed by atoms with E-state index in [0.29, 0.717) is 5.69 Å². The zero-order chi connectivity index (χ0) is 15.5. The van der Waals surface area contributed by atoms with Crippen LogP contribution in [-0.4, -0.2) is 6.36 Å². The van der Waals surface area contributed by atoms with E-state index in [1.807, 2.05) is 6.07 Å². The lowest BCUT2D eigenvalue weighted by Crippen LogP contribution is -2.17. The lowest BCUT2D eigenvalue weighted by Gasteiger charge is -2.14. The van der Waals surface area contributed by atoms with Gasteiger partial charge in [0, 0.05) is 5.69 Å². The highest BCUT2D eigenvalue weighted by Crippen LogP contribution is 2.32. The molecule has 0 spiro atoms. The van der Waals surface area contributed by atoms with Crippen LogP contribution in [0.4, 0.5) is 24.5 Å². The molecule has 2 aromatic rings. The quantitative estimate of drug-likeness (QED) is 0.880. The molecule has 0 unspecified atom stereocenters. The number of anilines is 2. The van der Waals surface area contributed by atoms with Gasteiger partial charge in [-0.2, -0.15) is 5.26 Å². The second-order valence-corrected chi connectivity index (χ2v) is 4.38. The van der Waals surface area contributed by atoms with Crippen LogP contribution >= 0.6 is 11.6 Å². The van der Waals surface area contributed by atoms with Crippen molar-refractivity contribution in [2.24, 2.45) is 0 Å². The van der Waals surface area contributed by atoms with E-state index < -0.39 is 6.36 Å². The van der Waals surface area contributed by atoms with E-state index in [0.717, 1.165) is 0 Å². The third kappa shape index (κ3) is 4.04. The van der Waals surface area contributed by atoms with Gasteiger partial charge in [0.15, 0.2) is 5.75 Å². The molecule has 0 fully saturated rings. The minimum absolute atomic E-state index is 0.135. The molecule has 2 aromatic carbocycles. The second kappa shape index (κ2) is 5.94. The Morgan fingerprint density at radius 3 is 2.48 bits per heavy atom. The van der Waals surface area contributed by atoms with Crippen molar-refractivity contribution in [1.82, 2.24) is 0 Å². The average molecular weight is 313 g/mol. The van der Waals surface area contributed by atoms with Crippen molar-refractivity contribution < 1.29 is 17.9 Å².